The molecule has 150 valence electrons. The summed E-state index contributed by atoms with van der Waals surface area (Å²) in [6.45, 7) is 4.42. The molecule has 0 aliphatic rings. The van der Waals surface area contributed by atoms with Crippen LogP contribution in [0.5, 0.6) is 5.88 Å². The van der Waals surface area contributed by atoms with Crippen molar-refractivity contribution in [2.45, 2.75) is 19.9 Å². The van der Waals surface area contributed by atoms with E-state index in [1.165, 1.54) is 18.2 Å². The molecule has 29 heavy (non-hydrogen) atoms. The highest BCUT2D eigenvalue weighted by Gasteiger charge is 2.24. The van der Waals surface area contributed by atoms with E-state index in [0.717, 1.165) is 4.47 Å². The van der Waals surface area contributed by atoms with Crippen LogP contribution < -0.4 is 4.74 Å². The van der Waals surface area contributed by atoms with Crippen LogP contribution in [0.25, 0.3) is 11.4 Å². The largest absolute Gasteiger partial charge is 0.475 e. The summed E-state index contributed by atoms with van der Waals surface area (Å²) in [7, 11) is 0. The molecule has 6 nitrogen and oxygen atoms in total. The Balaban J connectivity index is 1.81. The standard InChI is InChI=1S/C21H20BrFN4O2/c1-3-27(14(2)13-29-19-8-5-15(22)12-26-19)21(28)18-11-16(23)6-7-17(18)20-24-9-4-10-25-20/h4-12,14H,3,13H2,1-2H3/t14-/m0/s1. The van der Waals surface area contributed by atoms with Gasteiger partial charge >= 0.3 is 0 Å². The second-order valence-electron chi connectivity index (χ2n) is 6.33. The van der Waals surface area contributed by atoms with Crippen molar-refractivity contribution in [3.63, 3.8) is 0 Å². The molecular weight excluding hydrogens is 439 g/mol. The number of benzene rings is 1. The lowest BCUT2D eigenvalue weighted by molar-refractivity contribution is 0.0646. The average molecular weight is 459 g/mol. The molecule has 8 heteroatoms. The molecule has 2 aromatic heterocycles. The maximum atomic E-state index is 13.9. The van der Waals surface area contributed by atoms with Crippen molar-refractivity contribution in [2.75, 3.05) is 13.2 Å². The second-order valence-corrected chi connectivity index (χ2v) is 7.24. The zero-order valence-corrected chi connectivity index (χ0v) is 17.6. The Morgan fingerprint density at radius 1 is 1.21 bits per heavy atom. The van der Waals surface area contributed by atoms with E-state index in [9.17, 15) is 9.18 Å². The van der Waals surface area contributed by atoms with Gasteiger partial charge < -0.3 is 9.64 Å². The lowest BCUT2D eigenvalue weighted by Crippen LogP contribution is -2.42. The summed E-state index contributed by atoms with van der Waals surface area (Å²) in [5.41, 5.74) is 0.699. The second kappa shape index (κ2) is 9.56. The zero-order valence-electron chi connectivity index (χ0n) is 16.0. The van der Waals surface area contributed by atoms with Crippen molar-refractivity contribution in [3.8, 4) is 17.3 Å². The Labute approximate surface area is 176 Å². The number of hydrogen-bond donors (Lipinski definition) is 0. The molecule has 0 unspecified atom stereocenters. The molecule has 3 aromatic rings. The molecule has 3 rings (SSSR count). The van der Waals surface area contributed by atoms with Gasteiger partial charge in [-0.25, -0.2) is 19.3 Å². The molecule has 1 amide bonds. The molecular formula is C21H20BrFN4O2. The summed E-state index contributed by atoms with van der Waals surface area (Å²) in [5.74, 6) is 0.0314. The number of rotatable bonds is 7. The highest BCUT2D eigenvalue weighted by Crippen LogP contribution is 2.23. The molecule has 0 saturated heterocycles. The van der Waals surface area contributed by atoms with Crippen molar-refractivity contribution in [1.82, 2.24) is 19.9 Å². The van der Waals surface area contributed by atoms with Crippen LogP contribution in [0.1, 0.15) is 24.2 Å². The summed E-state index contributed by atoms with van der Waals surface area (Å²) in [6.07, 6.45) is 4.81. The molecule has 0 N–H and O–H groups in total. The quantitative estimate of drug-likeness (QED) is 0.525. The Bertz CT molecular complexity index is 970. The van der Waals surface area contributed by atoms with Crippen LogP contribution in [0.4, 0.5) is 4.39 Å². The van der Waals surface area contributed by atoms with Crippen LogP contribution in [0.2, 0.25) is 0 Å². The topological polar surface area (TPSA) is 68.2 Å². The predicted molar refractivity (Wildman–Crippen MR) is 111 cm³/mol. The monoisotopic (exact) mass is 458 g/mol. The van der Waals surface area contributed by atoms with Gasteiger partial charge in [-0.15, -0.1) is 0 Å². The van der Waals surface area contributed by atoms with Crippen molar-refractivity contribution < 1.29 is 13.9 Å². The summed E-state index contributed by atoms with van der Waals surface area (Å²) in [6, 6.07) is 9.04. The molecule has 0 radical (unpaired) electrons. The van der Waals surface area contributed by atoms with Gasteiger partial charge in [0.05, 0.1) is 11.6 Å². The van der Waals surface area contributed by atoms with Crippen LogP contribution in [-0.2, 0) is 0 Å². The van der Waals surface area contributed by atoms with E-state index in [4.69, 9.17) is 4.74 Å². The number of amides is 1. The number of ether oxygens (including phenoxy) is 1. The summed E-state index contributed by atoms with van der Waals surface area (Å²) in [5, 5.41) is 0. The molecule has 0 aliphatic carbocycles. The summed E-state index contributed by atoms with van der Waals surface area (Å²) >= 11 is 3.32. The van der Waals surface area contributed by atoms with Crippen LogP contribution in [0, 0.1) is 5.82 Å². The van der Waals surface area contributed by atoms with Gasteiger partial charge in [-0.05, 0) is 60.1 Å². The van der Waals surface area contributed by atoms with Gasteiger partial charge in [0.1, 0.15) is 12.4 Å². The Hall–Kier alpha value is -2.87. The fourth-order valence-corrected chi connectivity index (χ4v) is 3.11. The van der Waals surface area contributed by atoms with Crippen molar-refractivity contribution >= 4 is 21.8 Å². The highest BCUT2D eigenvalue weighted by atomic mass is 79.9. The number of pyridine rings is 1. The smallest absolute Gasteiger partial charge is 0.255 e. The third-order valence-electron chi connectivity index (χ3n) is 4.32. The lowest BCUT2D eigenvalue weighted by atomic mass is 10.0. The van der Waals surface area contributed by atoms with Gasteiger partial charge in [0.15, 0.2) is 5.82 Å². The summed E-state index contributed by atoms with van der Waals surface area (Å²) < 4.78 is 20.5. The first-order valence-electron chi connectivity index (χ1n) is 9.12. The Morgan fingerprint density at radius 3 is 2.62 bits per heavy atom. The number of carbonyl (C=O) groups is 1. The number of likely N-dealkylation sites (N-methyl/N-ethyl adjacent to an activating group) is 1. The minimum Gasteiger partial charge on any atom is -0.475 e. The van der Waals surface area contributed by atoms with Crippen LogP contribution >= 0.6 is 15.9 Å². The van der Waals surface area contributed by atoms with Crippen LogP contribution in [0.15, 0.2) is 59.5 Å². The third-order valence-corrected chi connectivity index (χ3v) is 4.79. The van der Waals surface area contributed by atoms with Gasteiger partial charge in [-0.3, -0.25) is 4.79 Å². The van der Waals surface area contributed by atoms with Crippen molar-refractivity contribution in [3.05, 3.63) is 70.8 Å². The van der Waals surface area contributed by atoms with Crippen molar-refractivity contribution in [1.29, 1.82) is 0 Å². The van der Waals surface area contributed by atoms with E-state index in [1.807, 2.05) is 19.9 Å². The van der Waals surface area contributed by atoms with E-state index in [2.05, 4.69) is 30.9 Å². The van der Waals surface area contributed by atoms with E-state index < -0.39 is 5.82 Å². The maximum Gasteiger partial charge on any atom is 0.255 e. The lowest BCUT2D eigenvalue weighted by Gasteiger charge is -2.28. The molecule has 0 saturated carbocycles. The summed E-state index contributed by atoms with van der Waals surface area (Å²) in [4.78, 5) is 27.4. The Morgan fingerprint density at radius 2 is 1.97 bits per heavy atom. The molecule has 2 heterocycles. The van der Waals surface area contributed by atoms with Gasteiger partial charge in [-0.1, -0.05) is 0 Å². The minimum atomic E-state index is -0.493. The molecule has 1 aromatic carbocycles. The van der Waals surface area contributed by atoms with Gasteiger partial charge in [0.25, 0.3) is 5.91 Å². The fraction of sp³-hybridized carbons (Fsp3) is 0.238. The molecule has 1 atom stereocenters. The van der Waals surface area contributed by atoms with Gasteiger partial charge in [0.2, 0.25) is 5.88 Å². The number of nitrogens with zero attached hydrogens (tertiary/aromatic N) is 4. The molecule has 0 aliphatic heterocycles. The third kappa shape index (κ3) is 5.14. The van der Waals surface area contributed by atoms with E-state index in [-0.39, 0.29) is 24.1 Å². The fourth-order valence-electron chi connectivity index (χ4n) is 2.88. The number of aromatic nitrogens is 3. The normalized spacial score (nSPS) is 11.7. The van der Waals surface area contributed by atoms with E-state index in [0.29, 0.717) is 23.8 Å². The van der Waals surface area contributed by atoms with Crippen LogP contribution in [0.3, 0.4) is 0 Å². The molecule has 0 bridgehead atoms. The number of hydrogen-bond acceptors (Lipinski definition) is 5. The first kappa shape index (κ1) is 20.9. The van der Waals surface area contributed by atoms with Crippen molar-refractivity contribution in [2.24, 2.45) is 0 Å². The zero-order chi connectivity index (χ0) is 20.8. The van der Waals surface area contributed by atoms with Crippen LogP contribution in [-0.4, -0.2) is 45.0 Å². The Kier molecular flexibility index (Phi) is 6.87. The number of halogens is 2. The molecule has 0 fully saturated rings. The predicted octanol–water partition coefficient (Wildman–Crippen LogP) is 4.37. The van der Waals surface area contributed by atoms with E-state index >= 15 is 0 Å². The first-order valence-corrected chi connectivity index (χ1v) is 9.91. The van der Waals surface area contributed by atoms with Gasteiger partial charge in [0, 0.05) is 41.2 Å². The number of carbonyl (C=O) groups excluding carboxylic acids is 1. The van der Waals surface area contributed by atoms with E-state index in [1.54, 1.807) is 35.6 Å². The average Bonchev–Trinajstić information content (AvgIpc) is 2.74. The highest BCUT2D eigenvalue weighted by molar-refractivity contribution is 9.10. The minimum absolute atomic E-state index is 0.215. The SMILES string of the molecule is CCN(C(=O)c1cc(F)ccc1-c1ncccn1)[C@@H](C)COc1ccc(Br)cn1. The molecule has 0 spiro atoms. The van der Waals surface area contributed by atoms with Gasteiger partial charge in [-0.2, -0.15) is 0 Å². The first-order chi connectivity index (χ1) is 14.0. The maximum absolute atomic E-state index is 13.9.